The van der Waals surface area contributed by atoms with Gasteiger partial charge in [-0.2, -0.15) is 0 Å². The Kier molecular flexibility index (Phi) is 5.53. The van der Waals surface area contributed by atoms with Gasteiger partial charge in [0.15, 0.2) is 5.76 Å². The average Bonchev–Trinajstić information content (AvgIpc) is 3.01. The first-order valence-electron chi connectivity index (χ1n) is 9.74. The van der Waals surface area contributed by atoms with Crippen LogP contribution in [0, 0.1) is 6.92 Å². The SMILES string of the molecule is Cc1ccc(C2=C(O)C(=O)N(Cc3ccc(Cl)cc3)[C@H]2c2ccc(C(=O)O)cc2)cc1. The summed E-state index contributed by atoms with van der Waals surface area (Å²) in [5.41, 5.74) is 4.04. The molecule has 156 valence electrons. The molecule has 0 aromatic heterocycles. The third-order valence-corrected chi connectivity index (χ3v) is 5.66. The van der Waals surface area contributed by atoms with Gasteiger partial charge < -0.3 is 15.1 Å². The molecule has 1 aliphatic rings. The minimum absolute atomic E-state index is 0.155. The van der Waals surface area contributed by atoms with Crippen molar-refractivity contribution < 1.29 is 19.8 Å². The van der Waals surface area contributed by atoms with Crippen molar-refractivity contribution in [2.75, 3.05) is 0 Å². The molecule has 0 saturated heterocycles. The van der Waals surface area contributed by atoms with E-state index in [2.05, 4.69) is 0 Å². The third-order valence-electron chi connectivity index (χ3n) is 5.41. The molecule has 0 radical (unpaired) electrons. The van der Waals surface area contributed by atoms with Crippen molar-refractivity contribution in [2.24, 2.45) is 0 Å². The predicted octanol–water partition coefficient (Wildman–Crippen LogP) is 5.40. The minimum Gasteiger partial charge on any atom is -0.503 e. The van der Waals surface area contributed by atoms with Gasteiger partial charge in [-0.1, -0.05) is 65.7 Å². The van der Waals surface area contributed by atoms with Crippen molar-refractivity contribution in [3.05, 3.63) is 111 Å². The smallest absolute Gasteiger partial charge is 0.335 e. The van der Waals surface area contributed by atoms with Crippen LogP contribution in [0.4, 0.5) is 0 Å². The number of hydrogen-bond donors (Lipinski definition) is 2. The number of rotatable bonds is 5. The van der Waals surface area contributed by atoms with Crippen LogP contribution < -0.4 is 0 Å². The molecule has 1 heterocycles. The molecule has 3 aromatic rings. The third kappa shape index (κ3) is 4.05. The highest BCUT2D eigenvalue weighted by Gasteiger charge is 2.41. The first-order chi connectivity index (χ1) is 14.8. The number of aliphatic hydroxyl groups is 1. The van der Waals surface area contributed by atoms with Gasteiger partial charge in [0.1, 0.15) is 0 Å². The van der Waals surface area contributed by atoms with Crippen LogP contribution in [0.25, 0.3) is 5.57 Å². The Balaban J connectivity index is 1.80. The molecule has 0 spiro atoms. The normalized spacial score (nSPS) is 16.1. The number of amides is 1. The van der Waals surface area contributed by atoms with Crippen molar-refractivity contribution in [1.29, 1.82) is 0 Å². The molecule has 0 bridgehead atoms. The first kappa shape index (κ1) is 20.7. The molecule has 6 heteroatoms. The second kappa shape index (κ2) is 8.28. The lowest BCUT2D eigenvalue weighted by Gasteiger charge is -2.27. The number of hydrogen-bond acceptors (Lipinski definition) is 3. The maximum Gasteiger partial charge on any atom is 0.335 e. The molecular formula is C25H20ClNO4. The monoisotopic (exact) mass is 433 g/mol. The maximum absolute atomic E-state index is 13.1. The summed E-state index contributed by atoms with van der Waals surface area (Å²) in [6.07, 6.45) is 0. The number of carboxylic acid groups (broad SMARTS) is 1. The molecule has 0 saturated carbocycles. The van der Waals surface area contributed by atoms with E-state index in [0.29, 0.717) is 16.2 Å². The van der Waals surface area contributed by atoms with Gasteiger partial charge in [0.05, 0.1) is 11.6 Å². The molecule has 1 aliphatic heterocycles. The highest BCUT2D eigenvalue weighted by Crippen LogP contribution is 2.43. The van der Waals surface area contributed by atoms with Gasteiger partial charge in [-0.05, 0) is 47.9 Å². The van der Waals surface area contributed by atoms with Crippen molar-refractivity contribution in [1.82, 2.24) is 4.90 Å². The molecule has 2 N–H and O–H groups in total. The summed E-state index contributed by atoms with van der Waals surface area (Å²) >= 11 is 5.98. The highest BCUT2D eigenvalue weighted by molar-refractivity contribution is 6.30. The Morgan fingerprint density at radius 1 is 0.968 bits per heavy atom. The molecule has 1 atom stereocenters. The Bertz CT molecular complexity index is 1170. The van der Waals surface area contributed by atoms with E-state index in [-0.39, 0.29) is 17.9 Å². The molecule has 4 rings (SSSR count). The minimum atomic E-state index is -1.02. The van der Waals surface area contributed by atoms with Crippen LogP contribution in [0.1, 0.15) is 38.7 Å². The van der Waals surface area contributed by atoms with Gasteiger partial charge in [0, 0.05) is 17.1 Å². The zero-order valence-electron chi connectivity index (χ0n) is 16.7. The van der Waals surface area contributed by atoms with Crippen molar-refractivity contribution in [3.8, 4) is 0 Å². The van der Waals surface area contributed by atoms with Crippen molar-refractivity contribution >= 4 is 29.1 Å². The highest BCUT2D eigenvalue weighted by atomic mass is 35.5. The van der Waals surface area contributed by atoms with E-state index in [9.17, 15) is 19.8 Å². The molecule has 5 nitrogen and oxygen atoms in total. The fourth-order valence-corrected chi connectivity index (χ4v) is 3.91. The number of benzene rings is 3. The van der Waals surface area contributed by atoms with Gasteiger partial charge in [0.2, 0.25) is 0 Å². The van der Waals surface area contributed by atoms with Crippen molar-refractivity contribution in [3.63, 3.8) is 0 Å². The fourth-order valence-electron chi connectivity index (χ4n) is 3.79. The average molecular weight is 434 g/mol. The van der Waals surface area contributed by atoms with E-state index >= 15 is 0 Å². The van der Waals surface area contributed by atoms with Crippen LogP contribution in [0.15, 0.2) is 78.6 Å². The molecule has 0 unspecified atom stereocenters. The number of aliphatic hydroxyl groups excluding tert-OH is 1. The quantitative estimate of drug-likeness (QED) is 0.564. The molecule has 1 amide bonds. The van der Waals surface area contributed by atoms with Gasteiger partial charge in [-0.3, -0.25) is 4.79 Å². The lowest BCUT2D eigenvalue weighted by Crippen LogP contribution is -2.29. The Labute approximate surface area is 184 Å². The van der Waals surface area contributed by atoms with Crippen LogP contribution in [0.2, 0.25) is 5.02 Å². The van der Waals surface area contributed by atoms with Gasteiger partial charge in [-0.25, -0.2) is 4.79 Å². The second-order valence-electron chi connectivity index (χ2n) is 7.52. The number of aryl methyl sites for hydroxylation is 1. The number of carbonyl (C=O) groups is 2. The van der Waals surface area contributed by atoms with E-state index in [0.717, 1.165) is 16.7 Å². The fraction of sp³-hybridized carbons (Fsp3) is 0.120. The Hall–Kier alpha value is -3.57. The number of aromatic carboxylic acids is 1. The number of nitrogens with zero attached hydrogens (tertiary/aromatic N) is 1. The zero-order chi connectivity index (χ0) is 22.1. The van der Waals surface area contributed by atoms with Crippen LogP contribution in [0.5, 0.6) is 0 Å². The van der Waals surface area contributed by atoms with Crippen LogP contribution in [-0.4, -0.2) is 27.0 Å². The van der Waals surface area contributed by atoms with Gasteiger partial charge >= 0.3 is 5.97 Å². The van der Waals surface area contributed by atoms with Crippen molar-refractivity contribution in [2.45, 2.75) is 19.5 Å². The summed E-state index contributed by atoms with van der Waals surface area (Å²) in [6.45, 7) is 2.23. The van der Waals surface area contributed by atoms with Gasteiger partial charge in [0.25, 0.3) is 5.91 Å². The summed E-state index contributed by atoms with van der Waals surface area (Å²) in [6, 6.07) is 20.6. The van der Waals surface area contributed by atoms with Gasteiger partial charge in [-0.15, -0.1) is 0 Å². The molecular weight excluding hydrogens is 414 g/mol. The molecule has 0 aliphatic carbocycles. The van der Waals surface area contributed by atoms with Crippen LogP contribution in [-0.2, 0) is 11.3 Å². The number of carboxylic acids is 1. The maximum atomic E-state index is 13.1. The first-order valence-corrected chi connectivity index (χ1v) is 10.1. The summed E-state index contributed by atoms with van der Waals surface area (Å²) in [7, 11) is 0. The van der Waals surface area contributed by atoms with E-state index in [4.69, 9.17) is 11.6 Å². The van der Waals surface area contributed by atoms with Crippen LogP contribution in [0.3, 0.4) is 0 Å². The summed E-state index contributed by atoms with van der Waals surface area (Å²) in [5.74, 6) is -1.80. The summed E-state index contributed by atoms with van der Waals surface area (Å²) < 4.78 is 0. The molecule has 3 aromatic carbocycles. The summed E-state index contributed by atoms with van der Waals surface area (Å²) in [5, 5.41) is 20.6. The van der Waals surface area contributed by atoms with E-state index in [1.165, 1.54) is 12.1 Å². The topological polar surface area (TPSA) is 77.8 Å². The van der Waals surface area contributed by atoms with Crippen LogP contribution >= 0.6 is 11.6 Å². The Morgan fingerprint density at radius 3 is 2.16 bits per heavy atom. The number of halogens is 1. The van der Waals surface area contributed by atoms with E-state index < -0.39 is 17.9 Å². The summed E-state index contributed by atoms with van der Waals surface area (Å²) in [4.78, 5) is 25.9. The standard InChI is InChI=1S/C25H20ClNO4/c1-15-2-6-17(7-3-15)21-22(18-8-10-19(11-9-18)25(30)31)27(24(29)23(21)28)14-16-4-12-20(26)13-5-16/h2-13,22,28H,14H2,1H3,(H,30,31)/t22-/m0/s1. The largest absolute Gasteiger partial charge is 0.503 e. The lowest BCUT2D eigenvalue weighted by molar-refractivity contribution is -0.130. The number of carbonyl (C=O) groups excluding carboxylic acids is 1. The second-order valence-corrected chi connectivity index (χ2v) is 7.95. The molecule has 31 heavy (non-hydrogen) atoms. The van der Waals surface area contributed by atoms with E-state index in [1.54, 1.807) is 29.2 Å². The van der Waals surface area contributed by atoms with E-state index in [1.807, 2.05) is 43.3 Å². The zero-order valence-corrected chi connectivity index (χ0v) is 17.5. The lowest BCUT2D eigenvalue weighted by atomic mass is 9.92. The predicted molar refractivity (Wildman–Crippen MR) is 119 cm³/mol. The Morgan fingerprint density at radius 2 is 1.58 bits per heavy atom. The molecule has 0 fully saturated rings.